The van der Waals surface area contributed by atoms with Crippen LogP contribution in [0.2, 0.25) is 0 Å². The predicted molar refractivity (Wildman–Crippen MR) is 73.7 cm³/mol. The van der Waals surface area contributed by atoms with Gasteiger partial charge in [-0.3, -0.25) is 0 Å². The van der Waals surface area contributed by atoms with Crippen LogP contribution in [0.4, 0.5) is 11.4 Å². The minimum absolute atomic E-state index is 0.464. The SMILES string of the molecule is COc1ccc(CNc2cccc(C#N)c2N)cn1. The summed E-state index contributed by atoms with van der Waals surface area (Å²) in [5, 5.41) is 12.1. The second kappa shape index (κ2) is 5.74. The number of pyridine rings is 1. The number of hydrogen-bond donors (Lipinski definition) is 2. The number of nitrogens with two attached hydrogens (primary N) is 1. The largest absolute Gasteiger partial charge is 0.481 e. The van der Waals surface area contributed by atoms with Gasteiger partial charge in [0, 0.05) is 18.8 Å². The molecule has 0 radical (unpaired) electrons. The zero-order valence-electron chi connectivity index (χ0n) is 10.6. The number of nitrogen functional groups attached to an aromatic ring is 1. The van der Waals surface area contributed by atoms with Gasteiger partial charge in [0.05, 0.1) is 24.0 Å². The van der Waals surface area contributed by atoms with Gasteiger partial charge in [0.25, 0.3) is 0 Å². The first-order valence-corrected chi connectivity index (χ1v) is 5.76. The molecule has 0 saturated heterocycles. The second-order valence-electron chi connectivity index (χ2n) is 3.94. The molecule has 2 rings (SSSR count). The molecule has 96 valence electrons. The lowest BCUT2D eigenvalue weighted by atomic mass is 10.1. The van der Waals surface area contributed by atoms with Crippen molar-refractivity contribution in [3.63, 3.8) is 0 Å². The van der Waals surface area contributed by atoms with E-state index in [1.807, 2.05) is 12.1 Å². The predicted octanol–water partition coefficient (Wildman–Crippen LogP) is 2.16. The van der Waals surface area contributed by atoms with E-state index in [1.54, 1.807) is 31.5 Å². The highest BCUT2D eigenvalue weighted by molar-refractivity contribution is 5.72. The highest BCUT2D eigenvalue weighted by Crippen LogP contribution is 2.22. The fraction of sp³-hybridized carbons (Fsp3) is 0.143. The van der Waals surface area contributed by atoms with E-state index in [0.29, 0.717) is 23.7 Å². The lowest BCUT2D eigenvalue weighted by Gasteiger charge is -2.10. The molecule has 0 fully saturated rings. The van der Waals surface area contributed by atoms with E-state index >= 15 is 0 Å². The van der Waals surface area contributed by atoms with Gasteiger partial charge < -0.3 is 15.8 Å². The topological polar surface area (TPSA) is 84.0 Å². The maximum absolute atomic E-state index is 8.90. The van der Waals surface area contributed by atoms with Crippen molar-refractivity contribution in [1.29, 1.82) is 5.26 Å². The fourth-order valence-corrected chi connectivity index (χ4v) is 1.65. The number of aromatic nitrogens is 1. The molecule has 2 aromatic rings. The number of para-hydroxylation sites is 1. The Labute approximate surface area is 111 Å². The number of ether oxygens (including phenoxy) is 1. The Morgan fingerprint density at radius 3 is 2.84 bits per heavy atom. The summed E-state index contributed by atoms with van der Waals surface area (Å²) < 4.78 is 4.99. The van der Waals surface area contributed by atoms with E-state index in [1.165, 1.54) is 0 Å². The van der Waals surface area contributed by atoms with Gasteiger partial charge in [0.1, 0.15) is 6.07 Å². The van der Waals surface area contributed by atoms with Gasteiger partial charge in [-0.05, 0) is 17.7 Å². The summed E-state index contributed by atoms with van der Waals surface area (Å²) in [6.07, 6.45) is 1.73. The first-order chi connectivity index (χ1) is 9.24. The molecule has 0 saturated carbocycles. The van der Waals surface area contributed by atoms with Crippen LogP contribution in [0.1, 0.15) is 11.1 Å². The van der Waals surface area contributed by atoms with Crippen molar-refractivity contribution in [3.05, 3.63) is 47.7 Å². The van der Waals surface area contributed by atoms with E-state index < -0.39 is 0 Å². The van der Waals surface area contributed by atoms with E-state index in [-0.39, 0.29) is 0 Å². The molecular weight excluding hydrogens is 240 g/mol. The number of hydrogen-bond acceptors (Lipinski definition) is 5. The second-order valence-corrected chi connectivity index (χ2v) is 3.94. The van der Waals surface area contributed by atoms with Crippen molar-refractivity contribution < 1.29 is 4.74 Å². The fourth-order valence-electron chi connectivity index (χ4n) is 1.65. The van der Waals surface area contributed by atoms with Gasteiger partial charge >= 0.3 is 0 Å². The third kappa shape index (κ3) is 2.93. The molecule has 1 aromatic heterocycles. The molecule has 1 aromatic carbocycles. The standard InChI is InChI=1S/C14H14N4O/c1-19-13-6-5-10(9-18-13)8-17-12-4-2-3-11(7-15)14(12)16/h2-6,9,17H,8,16H2,1H3. The number of nitrogens with one attached hydrogen (secondary N) is 1. The van der Waals surface area contributed by atoms with Crippen LogP contribution in [-0.4, -0.2) is 12.1 Å². The van der Waals surface area contributed by atoms with Gasteiger partial charge in [-0.15, -0.1) is 0 Å². The number of nitrogens with zero attached hydrogens (tertiary/aromatic N) is 2. The molecule has 0 aliphatic carbocycles. The highest BCUT2D eigenvalue weighted by atomic mass is 16.5. The van der Waals surface area contributed by atoms with Crippen molar-refractivity contribution in [2.75, 3.05) is 18.2 Å². The zero-order chi connectivity index (χ0) is 13.7. The summed E-state index contributed by atoms with van der Waals surface area (Å²) in [5.41, 5.74) is 8.57. The summed E-state index contributed by atoms with van der Waals surface area (Å²) in [6.45, 7) is 0.579. The summed E-state index contributed by atoms with van der Waals surface area (Å²) in [7, 11) is 1.58. The lowest BCUT2D eigenvalue weighted by Crippen LogP contribution is -2.04. The molecule has 5 nitrogen and oxygen atoms in total. The minimum atomic E-state index is 0.464. The molecule has 0 spiro atoms. The van der Waals surface area contributed by atoms with Gasteiger partial charge in [0.15, 0.2) is 0 Å². The van der Waals surface area contributed by atoms with Gasteiger partial charge in [-0.25, -0.2) is 4.98 Å². The van der Waals surface area contributed by atoms with Crippen molar-refractivity contribution >= 4 is 11.4 Å². The Bertz CT molecular complexity index is 602. The highest BCUT2D eigenvalue weighted by Gasteiger charge is 2.04. The normalized spacial score (nSPS) is 9.68. The van der Waals surface area contributed by atoms with Crippen LogP contribution < -0.4 is 15.8 Å². The van der Waals surface area contributed by atoms with Crippen LogP contribution in [0.3, 0.4) is 0 Å². The van der Waals surface area contributed by atoms with Gasteiger partial charge in [-0.2, -0.15) is 5.26 Å². The molecule has 19 heavy (non-hydrogen) atoms. The molecule has 0 aliphatic heterocycles. The minimum Gasteiger partial charge on any atom is -0.481 e. The van der Waals surface area contributed by atoms with Crippen LogP contribution in [-0.2, 0) is 6.54 Å². The molecule has 0 bridgehead atoms. The van der Waals surface area contributed by atoms with E-state index in [4.69, 9.17) is 15.7 Å². The smallest absolute Gasteiger partial charge is 0.212 e. The molecule has 3 N–H and O–H groups in total. The van der Waals surface area contributed by atoms with Crippen molar-refractivity contribution in [1.82, 2.24) is 4.98 Å². The zero-order valence-corrected chi connectivity index (χ0v) is 10.6. The van der Waals surface area contributed by atoms with Crippen molar-refractivity contribution in [3.8, 4) is 11.9 Å². The Kier molecular flexibility index (Phi) is 3.84. The summed E-state index contributed by atoms with van der Waals surface area (Å²) >= 11 is 0. The average molecular weight is 254 g/mol. The molecule has 5 heteroatoms. The first-order valence-electron chi connectivity index (χ1n) is 5.76. The molecule has 0 atom stereocenters. The van der Waals surface area contributed by atoms with Crippen LogP contribution in [0.15, 0.2) is 36.5 Å². The summed E-state index contributed by atoms with van der Waals surface area (Å²) in [6, 6.07) is 11.1. The number of rotatable bonds is 4. The Morgan fingerprint density at radius 2 is 2.21 bits per heavy atom. The number of anilines is 2. The number of benzene rings is 1. The van der Waals surface area contributed by atoms with Gasteiger partial charge in [0.2, 0.25) is 5.88 Å². The molecule has 0 aliphatic rings. The van der Waals surface area contributed by atoms with Crippen molar-refractivity contribution in [2.24, 2.45) is 0 Å². The van der Waals surface area contributed by atoms with Crippen LogP contribution in [0.25, 0.3) is 0 Å². The van der Waals surface area contributed by atoms with Gasteiger partial charge in [-0.1, -0.05) is 12.1 Å². The Morgan fingerprint density at radius 1 is 1.37 bits per heavy atom. The maximum Gasteiger partial charge on any atom is 0.212 e. The van der Waals surface area contributed by atoms with Crippen LogP contribution in [0.5, 0.6) is 5.88 Å². The van der Waals surface area contributed by atoms with E-state index in [0.717, 1.165) is 11.3 Å². The van der Waals surface area contributed by atoms with E-state index in [2.05, 4.69) is 16.4 Å². The van der Waals surface area contributed by atoms with Crippen molar-refractivity contribution in [2.45, 2.75) is 6.54 Å². The first kappa shape index (κ1) is 12.7. The third-order valence-electron chi connectivity index (χ3n) is 2.72. The quantitative estimate of drug-likeness (QED) is 0.817. The third-order valence-corrected chi connectivity index (χ3v) is 2.72. The maximum atomic E-state index is 8.90. The van der Waals surface area contributed by atoms with E-state index in [9.17, 15) is 0 Å². The summed E-state index contributed by atoms with van der Waals surface area (Å²) in [4.78, 5) is 4.12. The molecule has 0 unspecified atom stereocenters. The lowest BCUT2D eigenvalue weighted by molar-refractivity contribution is 0.397. The molecule has 1 heterocycles. The molecule has 0 amide bonds. The number of methoxy groups -OCH3 is 1. The number of nitriles is 1. The van der Waals surface area contributed by atoms with Crippen LogP contribution in [0, 0.1) is 11.3 Å². The van der Waals surface area contributed by atoms with Crippen LogP contribution >= 0.6 is 0 Å². The Hall–Kier alpha value is -2.74. The monoisotopic (exact) mass is 254 g/mol. The molecular formula is C14H14N4O. The Balaban J connectivity index is 2.08. The summed E-state index contributed by atoms with van der Waals surface area (Å²) in [5.74, 6) is 0.578. The average Bonchev–Trinajstić information content (AvgIpc) is 2.47.